The number of carbonyl (C=O) groups is 2. The normalized spacial score (nSPS) is 17.6. The number of anilines is 1. The fraction of sp³-hybridized carbons (Fsp3) is 0.650. The van der Waals surface area contributed by atoms with E-state index >= 15 is 0 Å². The number of quaternary nitrogens is 1. The zero-order chi connectivity index (χ0) is 20.2. The molecule has 1 aliphatic rings. The molecular weight excluding hydrogens is 360 g/mol. The highest BCUT2D eigenvalue weighted by molar-refractivity contribution is 7.16. The van der Waals surface area contributed by atoms with Crippen LogP contribution in [0.15, 0.2) is 0 Å². The molecule has 0 spiro atoms. The zero-order valence-electron chi connectivity index (χ0n) is 17.0. The quantitative estimate of drug-likeness (QED) is 0.687. The van der Waals surface area contributed by atoms with Gasteiger partial charge in [0, 0.05) is 10.4 Å². The molecule has 0 saturated carbocycles. The molecule has 1 aromatic heterocycles. The van der Waals surface area contributed by atoms with Crippen LogP contribution < -0.4 is 15.5 Å². The molecule has 2 amide bonds. The van der Waals surface area contributed by atoms with Gasteiger partial charge in [-0.25, -0.2) is 0 Å². The first-order chi connectivity index (χ1) is 12.6. The summed E-state index contributed by atoms with van der Waals surface area (Å²) in [6.07, 6.45) is 2.97. The van der Waals surface area contributed by atoms with Gasteiger partial charge in [-0.05, 0) is 58.4 Å². The molecule has 27 heavy (non-hydrogen) atoms. The maximum absolute atomic E-state index is 12.5. The van der Waals surface area contributed by atoms with Crippen molar-refractivity contribution < 1.29 is 14.5 Å². The van der Waals surface area contributed by atoms with Gasteiger partial charge in [0.15, 0.2) is 13.1 Å². The third-order valence-electron chi connectivity index (χ3n) is 4.71. The van der Waals surface area contributed by atoms with E-state index in [0.29, 0.717) is 23.0 Å². The summed E-state index contributed by atoms with van der Waals surface area (Å²) in [6, 6.07) is 2.27. The Morgan fingerprint density at radius 3 is 2.56 bits per heavy atom. The van der Waals surface area contributed by atoms with E-state index in [0.717, 1.165) is 29.7 Å². The Morgan fingerprint density at radius 1 is 1.30 bits per heavy atom. The van der Waals surface area contributed by atoms with Crippen LogP contribution in [0.1, 0.15) is 57.0 Å². The number of rotatable bonds is 6. The number of fused-ring (bicyclic) bond motifs is 1. The van der Waals surface area contributed by atoms with Crippen LogP contribution in [0.5, 0.6) is 0 Å². The summed E-state index contributed by atoms with van der Waals surface area (Å²) in [4.78, 5) is 26.8. The lowest BCUT2D eigenvalue weighted by Gasteiger charge is -2.22. The van der Waals surface area contributed by atoms with Crippen molar-refractivity contribution in [2.45, 2.75) is 59.4 Å². The predicted molar refractivity (Wildman–Crippen MR) is 108 cm³/mol. The molecule has 0 radical (unpaired) electrons. The third-order valence-corrected chi connectivity index (χ3v) is 5.88. The number of nitrogens with one attached hydrogen (secondary N) is 3. The van der Waals surface area contributed by atoms with Crippen LogP contribution in [0.4, 0.5) is 5.00 Å². The largest absolute Gasteiger partial charge is 0.347 e. The van der Waals surface area contributed by atoms with Crippen molar-refractivity contribution in [1.29, 1.82) is 5.26 Å². The lowest BCUT2D eigenvalue weighted by Crippen LogP contribution is -3.14. The van der Waals surface area contributed by atoms with Gasteiger partial charge in [0.25, 0.3) is 11.8 Å². The number of nitrogens with zero attached hydrogens (tertiary/aromatic N) is 1. The Balaban J connectivity index is 2.00. The Morgan fingerprint density at radius 2 is 1.96 bits per heavy atom. The molecule has 7 heteroatoms. The topological polar surface area (TPSA) is 86.4 Å². The minimum atomic E-state index is -0.285. The average molecular weight is 392 g/mol. The highest BCUT2D eigenvalue weighted by Crippen LogP contribution is 2.39. The van der Waals surface area contributed by atoms with Gasteiger partial charge in [0.1, 0.15) is 11.1 Å². The van der Waals surface area contributed by atoms with Crippen molar-refractivity contribution in [3.05, 3.63) is 16.0 Å². The fourth-order valence-electron chi connectivity index (χ4n) is 3.36. The van der Waals surface area contributed by atoms with E-state index in [1.54, 1.807) is 0 Å². The zero-order valence-corrected chi connectivity index (χ0v) is 17.8. The Hall–Kier alpha value is -1.91. The second-order valence-corrected chi connectivity index (χ2v) is 9.58. The van der Waals surface area contributed by atoms with Crippen molar-refractivity contribution in [1.82, 2.24) is 5.32 Å². The number of hydrogen-bond donors (Lipinski definition) is 3. The van der Waals surface area contributed by atoms with E-state index in [1.165, 1.54) is 16.2 Å². The van der Waals surface area contributed by atoms with E-state index in [9.17, 15) is 14.9 Å². The Kier molecular flexibility index (Phi) is 7.01. The molecule has 0 aromatic carbocycles. The summed E-state index contributed by atoms with van der Waals surface area (Å²) >= 11 is 1.53. The van der Waals surface area contributed by atoms with Gasteiger partial charge >= 0.3 is 0 Å². The molecule has 6 nitrogen and oxygen atoms in total. The first-order valence-electron chi connectivity index (χ1n) is 9.62. The van der Waals surface area contributed by atoms with Crippen LogP contribution in [-0.4, -0.2) is 37.0 Å². The summed E-state index contributed by atoms with van der Waals surface area (Å²) in [6.45, 7) is 11.1. The maximum Gasteiger partial charge on any atom is 0.280 e. The molecule has 3 N–H and O–H groups in total. The molecule has 1 aliphatic carbocycles. The van der Waals surface area contributed by atoms with Gasteiger partial charge < -0.3 is 15.5 Å². The molecule has 1 aromatic rings. The number of hydrogen-bond acceptors (Lipinski definition) is 4. The molecule has 1 unspecified atom stereocenters. The number of nitriles is 1. The number of carbonyl (C=O) groups excluding carboxylic acids is 2. The van der Waals surface area contributed by atoms with Gasteiger partial charge in [-0.1, -0.05) is 6.92 Å². The fourth-order valence-corrected chi connectivity index (χ4v) is 4.73. The van der Waals surface area contributed by atoms with E-state index in [1.807, 2.05) is 27.7 Å². The highest BCUT2D eigenvalue weighted by Gasteiger charge is 2.26. The van der Waals surface area contributed by atoms with Gasteiger partial charge in [-0.2, -0.15) is 5.26 Å². The summed E-state index contributed by atoms with van der Waals surface area (Å²) < 4.78 is 0. The minimum absolute atomic E-state index is 0.0644. The summed E-state index contributed by atoms with van der Waals surface area (Å²) in [7, 11) is 0. The van der Waals surface area contributed by atoms with Crippen LogP contribution in [0.3, 0.4) is 0 Å². The van der Waals surface area contributed by atoms with E-state index in [2.05, 4.69) is 23.6 Å². The summed E-state index contributed by atoms with van der Waals surface area (Å²) in [5, 5.41) is 16.1. The molecule has 2 rings (SSSR count). The molecule has 0 bridgehead atoms. The van der Waals surface area contributed by atoms with Crippen LogP contribution in [0.25, 0.3) is 0 Å². The second-order valence-electron chi connectivity index (χ2n) is 8.47. The molecule has 0 fully saturated rings. The second kappa shape index (κ2) is 8.85. The Labute approximate surface area is 165 Å². The van der Waals surface area contributed by atoms with Crippen LogP contribution in [-0.2, 0) is 22.4 Å². The van der Waals surface area contributed by atoms with Crippen LogP contribution >= 0.6 is 11.3 Å². The highest BCUT2D eigenvalue weighted by atomic mass is 32.1. The monoisotopic (exact) mass is 391 g/mol. The molecule has 1 heterocycles. The van der Waals surface area contributed by atoms with Crippen LogP contribution in [0, 0.1) is 17.2 Å². The summed E-state index contributed by atoms with van der Waals surface area (Å²) in [5.74, 6) is 0.400. The summed E-state index contributed by atoms with van der Waals surface area (Å²) in [5.41, 5.74) is 1.45. The van der Waals surface area contributed by atoms with Crippen molar-refractivity contribution >= 4 is 28.2 Å². The molecule has 0 saturated heterocycles. The van der Waals surface area contributed by atoms with E-state index in [4.69, 9.17) is 0 Å². The van der Waals surface area contributed by atoms with Crippen molar-refractivity contribution in [3.63, 3.8) is 0 Å². The minimum Gasteiger partial charge on any atom is -0.347 e. The van der Waals surface area contributed by atoms with Gasteiger partial charge in [-0.3, -0.25) is 9.59 Å². The SMILES string of the molecule is CC[NH+](CC(=O)Nc1sc2c(c1C#N)CC[C@@H](C)C2)CC(=O)NC(C)(C)C. The number of likely N-dealkylation sites (N-methyl/N-ethyl adjacent to an activating group) is 1. The van der Waals surface area contributed by atoms with E-state index < -0.39 is 0 Å². The first-order valence-corrected chi connectivity index (χ1v) is 10.4. The molecule has 2 atom stereocenters. The molecular formula is C20H31N4O2S+. The smallest absolute Gasteiger partial charge is 0.280 e. The van der Waals surface area contributed by atoms with Gasteiger partial charge in [0.05, 0.1) is 12.1 Å². The number of thiophene rings is 1. The van der Waals surface area contributed by atoms with Gasteiger partial charge in [0.2, 0.25) is 0 Å². The van der Waals surface area contributed by atoms with Crippen molar-refractivity contribution in [2.75, 3.05) is 25.0 Å². The number of amides is 2. The predicted octanol–water partition coefficient (Wildman–Crippen LogP) is 1.50. The van der Waals surface area contributed by atoms with Crippen molar-refractivity contribution in [3.8, 4) is 6.07 Å². The standard InChI is InChI=1S/C20H30N4O2S/c1-6-24(12-18(26)23-20(3,4)5)11-17(25)22-19-15(10-21)14-8-7-13(2)9-16(14)27-19/h13H,6-9,11-12H2,1-5H3,(H,22,25)(H,23,26)/p+1/t13-/m1/s1. The lowest BCUT2D eigenvalue weighted by molar-refractivity contribution is -0.881. The first kappa shape index (κ1) is 21.4. The molecule has 148 valence electrons. The Bertz CT molecular complexity index is 742. The van der Waals surface area contributed by atoms with Crippen LogP contribution in [0.2, 0.25) is 0 Å². The maximum atomic E-state index is 12.5. The lowest BCUT2D eigenvalue weighted by atomic mass is 9.89. The molecule has 0 aliphatic heterocycles. The average Bonchev–Trinajstić information content (AvgIpc) is 2.87. The third kappa shape index (κ3) is 6.05. The van der Waals surface area contributed by atoms with Crippen molar-refractivity contribution in [2.24, 2.45) is 5.92 Å². The van der Waals surface area contributed by atoms with Gasteiger partial charge in [-0.15, -0.1) is 11.3 Å². The van der Waals surface area contributed by atoms with E-state index in [-0.39, 0.29) is 30.4 Å².